The average Bonchev–Trinajstić information content (AvgIpc) is 3.42. The van der Waals surface area contributed by atoms with E-state index in [1.807, 2.05) is 36.9 Å². The summed E-state index contributed by atoms with van der Waals surface area (Å²) in [5, 5.41) is 6.71. The number of carbonyl (C=O) groups is 2. The van der Waals surface area contributed by atoms with Crippen molar-refractivity contribution >= 4 is 23.5 Å². The van der Waals surface area contributed by atoms with Gasteiger partial charge in [0.1, 0.15) is 0 Å². The van der Waals surface area contributed by atoms with E-state index in [1.54, 1.807) is 30.5 Å². The summed E-state index contributed by atoms with van der Waals surface area (Å²) in [7, 11) is 3.76. The summed E-state index contributed by atoms with van der Waals surface area (Å²) in [6.07, 6.45) is 3.40. The van der Waals surface area contributed by atoms with Crippen LogP contribution in [0.3, 0.4) is 0 Å². The molecule has 1 aliphatic heterocycles. The zero-order valence-corrected chi connectivity index (χ0v) is 18.6. The highest BCUT2D eigenvalue weighted by Gasteiger charge is 2.34. The molecule has 2 amide bonds. The lowest BCUT2D eigenvalue weighted by Crippen LogP contribution is -2.31. The van der Waals surface area contributed by atoms with E-state index >= 15 is 0 Å². The number of nitrogens with zero attached hydrogens (tertiary/aromatic N) is 5. The summed E-state index contributed by atoms with van der Waals surface area (Å²) in [5.74, 6) is 0.923. The first kappa shape index (κ1) is 21.5. The number of nitrogens with one attached hydrogen (secondary N) is 1. The normalized spacial score (nSPS) is 15.6. The molecule has 1 saturated heterocycles. The summed E-state index contributed by atoms with van der Waals surface area (Å²) < 4.78 is 5.49. The molecular formula is C23H26N6O3. The molecule has 1 atom stereocenters. The number of aromatic nitrogens is 3. The van der Waals surface area contributed by atoms with Gasteiger partial charge >= 0.3 is 0 Å². The third kappa shape index (κ3) is 4.32. The molecule has 1 aromatic carbocycles. The van der Waals surface area contributed by atoms with Gasteiger partial charge in [-0.15, -0.1) is 0 Å². The van der Waals surface area contributed by atoms with E-state index in [9.17, 15) is 9.59 Å². The molecule has 1 fully saturated rings. The second kappa shape index (κ2) is 8.78. The monoisotopic (exact) mass is 434 g/mol. The fourth-order valence-corrected chi connectivity index (χ4v) is 3.89. The maximum absolute atomic E-state index is 13.4. The summed E-state index contributed by atoms with van der Waals surface area (Å²) in [6.45, 7) is 3.94. The van der Waals surface area contributed by atoms with Gasteiger partial charge in [0.25, 0.3) is 5.91 Å². The first-order chi connectivity index (χ1) is 15.3. The molecule has 0 saturated carbocycles. The van der Waals surface area contributed by atoms with E-state index in [-0.39, 0.29) is 17.9 Å². The van der Waals surface area contributed by atoms with Crippen molar-refractivity contribution in [3.63, 3.8) is 0 Å². The predicted octanol–water partition coefficient (Wildman–Crippen LogP) is 3.44. The standard InChI is InChI=1S/C23H26N6O3/c1-14-12-20(32-27-14)18-13-24-23(28(3)4)26-21(18)19-6-5-11-29(19)22(31)16-7-9-17(10-8-16)25-15(2)30/h7-10,12-13,19H,5-6,11H2,1-4H3,(H,25,30)/t19-/m0/s1. The number of carbonyl (C=O) groups excluding carboxylic acids is 2. The van der Waals surface area contributed by atoms with Gasteiger partial charge in [-0.2, -0.15) is 0 Å². The molecule has 3 heterocycles. The number of hydrogen-bond acceptors (Lipinski definition) is 7. The lowest BCUT2D eigenvalue weighted by atomic mass is 10.0. The van der Waals surface area contributed by atoms with Crippen molar-refractivity contribution in [2.24, 2.45) is 0 Å². The highest BCUT2D eigenvalue weighted by atomic mass is 16.5. The van der Waals surface area contributed by atoms with Crippen molar-refractivity contribution in [2.45, 2.75) is 32.7 Å². The molecule has 32 heavy (non-hydrogen) atoms. The Labute approximate surface area is 186 Å². The van der Waals surface area contributed by atoms with E-state index in [2.05, 4.69) is 15.5 Å². The maximum atomic E-state index is 13.4. The van der Waals surface area contributed by atoms with E-state index < -0.39 is 0 Å². The third-order valence-electron chi connectivity index (χ3n) is 5.38. The number of amides is 2. The summed E-state index contributed by atoms with van der Waals surface area (Å²) in [5.41, 5.74) is 3.47. The van der Waals surface area contributed by atoms with Crippen LogP contribution in [0.25, 0.3) is 11.3 Å². The zero-order chi connectivity index (χ0) is 22.8. The Bertz CT molecular complexity index is 1140. The molecule has 0 aliphatic carbocycles. The van der Waals surface area contributed by atoms with Crippen LogP contribution < -0.4 is 10.2 Å². The second-order valence-corrected chi connectivity index (χ2v) is 8.11. The van der Waals surface area contributed by atoms with Crippen LogP contribution in [0.15, 0.2) is 41.1 Å². The average molecular weight is 435 g/mol. The second-order valence-electron chi connectivity index (χ2n) is 8.11. The van der Waals surface area contributed by atoms with Crippen molar-refractivity contribution in [2.75, 3.05) is 30.9 Å². The Hall–Kier alpha value is -3.75. The van der Waals surface area contributed by atoms with Gasteiger partial charge < -0.3 is 19.6 Å². The maximum Gasteiger partial charge on any atom is 0.254 e. The molecule has 3 aromatic rings. The van der Waals surface area contributed by atoms with E-state index in [0.717, 1.165) is 29.8 Å². The van der Waals surface area contributed by atoms with Crippen LogP contribution in [-0.4, -0.2) is 52.5 Å². The number of aryl methyl sites for hydroxylation is 1. The van der Waals surface area contributed by atoms with Crippen LogP contribution in [0, 0.1) is 6.92 Å². The Balaban J connectivity index is 1.68. The minimum absolute atomic E-state index is 0.0772. The molecule has 0 radical (unpaired) electrons. The van der Waals surface area contributed by atoms with Crippen LogP contribution in [0.4, 0.5) is 11.6 Å². The molecule has 2 aromatic heterocycles. The first-order valence-electron chi connectivity index (χ1n) is 10.5. The van der Waals surface area contributed by atoms with Crippen molar-refractivity contribution in [3.05, 3.63) is 53.5 Å². The van der Waals surface area contributed by atoms with Crippen LogP contribution in [0.5, 0.6) is 0 Å². The van der Waals surface area contributed by atoms with Crippen LogP contribution in [-0.2, 0) is 4.79 Å². The number of hydrogen-bond donors (Lipinski definition) is 1. The largest absolute Gasteiger partial charge is 0.356 e. The molecule has 4 rings (SSSR count). The van der Waals surface area contributed by atoms with Crippen molar-refractivity contribution < 1.29 is 14.1 Å². The van der Waals surface area contributed by atoms with E-state index in [1.165, 1.54) is 6.92 Å². The minimum Gasteiger partial charge on any atom is -0.356 e. The molecule has 9 heteroatoms. The van der Waals surface area contributed by atoms with Crippen LogP contribution in [0.2, 0.25) is 0 Å². The Kier molecular flexibility index (Phi) is 5.89. The highest BCUT2D eigenvalue weighted by Crippen LogP contribution is 2.38. The molecule has 1 aliphatic rings. The van der Waals surface area contributed by atoms with Gasteiger partial charge in [-0.25, -0.2) is 9.97 Å². The molecule has 166 valence electrons. The summed E-state index contributed by atoms with van der Waals surface area (Å²) >= 11 is 0. The number of likely N-dealkylation sites (tertiary alicyclic amines) is 1. The van der Waals surface area contributed by atoms with E-state index in [4.69, 9.17) is 9.51 Å². The lowest BCUT2D eigenvalue weighted by Gasteiger charge is -2.26. The molecule has 0 bridgehead atoms. The van der Waals surface area contributed by atoms with Gasteiger partial charge in [0.2, 0.25) is 11.9 Å². The van der Waals surface area contributed by atoms with Crippen molar-refractivity contribution in [1.29, 1.82) is 0 Å². The van der Waals surface area contributed by atoms with Crippen LogP contribution in [0.1, 0.15) is 47.6 Å². The van der Waals surface area contributed by atoms with Gasteiger partial charge in [0.15, 0.2) is 5.76 Å². The SMILES string of the molecule is CC(=O)Nc1ccc(C(=O)N2CCC[C@H]2c2nc(N(C)C)ncc2-c2cc(C)no2)cc1. The van der Waals surface area contributed by atoms with Crippen molar-refractivity contribution in [3.8, 4) is 11.3 Å². The fourth-order valence-electron chi connectivity index (χ4n) is 3.89. The smallest absolute Gasteiger partial charge is 0.254 e. The highest BCUT2D eigenvalue weighted by molar-refractivity contribution is 5.96. The fraction of sp³-hybridized carbons (Fsp3) is 0.348. The summed E-state index contributed by atoms with van der Waals surface area (Å²) in [4.78, 5) is 37.6. The predicted molar refractivity (Wildman–Crippen MR) is 120 cm³/mol. The van der Waals surface area contributed by atoms with Gasteiger partial charge in [0.05, 0.1) is 23.0 Å². The van der Waals surface area contributed by atoms with Gasteiger partial charge in [0, 0.05) is 51.1 Å². The Morgan fingerprint density at radius 2 is 1.97 bits per heavy atom. The third-order valence-corrected chi connectivity index (χ3v) is 5.38. The van der Waals surface area contributed by atoms with E-state index in [0.29, 0.717) is 29.5 Å². The van der Waals surface area contributed by atoms with Crippen molar-refractivity contribution in [1.82, 2.24) is 20.0 Å². The molecule has 9 nitrogen and oxygen atoms in total. The Morgan fingerprint density at radius 1 is 1.22 bits per heavy atom. The lowest BCUT2D eigenvalue weighted by molar-refractivity contribution is -0.114. The molecule has 0 spiro atoms. The van der Waals surface area contributed by atoms with Gasteiger partial charge in [-0.3, -0.25) is 9.59 Å². The number of anilines is 2. The molecule has 1 N–H and O–H groups in total. The Morgan fingerprint density at radius 3 is 2.59 bits per heavy atom. The van der Waals surface area contributed by atoms with Crippen LogP contribution >= 0.6 is 0 Å². The van der Waals surface area contributed by atoms with Gasteiger partial charge in [-0.1, -0.05) is 5.16 Å². The number of rotatable bonds is 5. The van der Waals surface area contributed by atoms with Gasteiger partial charge in [-0.05, 0) is 44.0 Å². The molecule has 0 unspecified atom stereocenters. The quantitative estimate of drug-likeness (QED) is 0.656. The first-order valence-corrected chi connectivity index (χ1v) is 10.5. The topological polar surface area (TPSA) is 104 Å². The minimum atomic E-state index is -0.209. The summed E-state index contributed by atoms with van der Waals surface area (Å²) in [6, 6.07) is 8.57. The zero-order valence-electron chi connectivity index (χ0n) is 18.6. The number of benzene rings is 1. The molecular weight excluding hydrogens is 408 g/mol.